The van der Waals surface area contributed by atoms with Gasteiger partial charge in [0, 0.05) is 6.20 Å². The lowest BCUT2D eigenvalue weighted by Gasteiger charge is -2.01. The van der Waals surface area contributed by atoms with Crippen molar-refractivity contribution >= 4 is 11.8 Å². The summed E-state index contributed by atoms with van der Waals surface area (Å²) in [6.45, 7) is 0.493. The van der Waals surface area contributed by atoms with Gasteiger partial charge in [-0.25, -0.2) is 4.68 Å². The summed E-state index contributed by atoms with van der Waals surface area (Å²) in [5.41, 5.74) is 6.16. The van der Waals surface area contributed by atoms with Gasteiger partial charge >= 0.3 is 0 Å². The molecule has 8 nitrogen and oxygen atoms in total. The van der Waals surface area contributed by atoms with Crippen molar-refractivity contribution in [2.24, 2.45) is 5.73 Å². The minimum atomic E-state index is -0.580. The number of furan rings is 1. The third-order valence-electron chi connectivity index (χ3n) is 2.53. The average Bonchev–Trinajstić information content (AvgIpc) is 3.07. The summed E-state index contributed by atoms with van der Waals surface area (Å²) < 4.78 is 6.26. The number of nitrogens with zero attached hydrogens (tertiary/aromatic N) is 3. The van der Waals surface area contributed by atoms with Gasteiger partial charge in [-0.15, -0.1) is 5.10 Å². The summed E-state index contributed by atoms with van der Waals surface area (Å²) >= 11 is 0. The third kappa shape index (κ3) is 3.75. The van der Waals surface area contributed by atoms with Gasteiger partial charge in [0.2, 0.25) is 5.91 Å². The summed E-state index contributed by atoms with van der Waals surface area (Å²) in [5, 5.41) is 9.92. The number of hydrogen-bond acceptors (Lipinski definition) is 6. The number of imide groups is 1. The normalized spacial score (nSPS) is 10.4. The lowest BCUT2D eigenvalue weighted by Crippen LogP contribution is -2.33. The summed E-state index contributed by atoms with van der Waals surface area (Å²) in [5.74, 6) is -0.981. The van der Waals surface area contributed by atoms with Crippen LogP contribution in [0.15, 0.2) is 29.0 Å². The molecule has 8 heteroatoms. The lowest BCUT2D eigenvalue weighted by molar-refractivity contribution is -0.120. The molecule has 106 valence electrons. The molecule has 0 unspecified atom stereocenters. The molecule has 2 aromatic heterocycles. The highest BCUT2D eigenvalue weighted by molar-refractivity contribution is 6.02. The van der Waals surface area contributed by atoms with Crippen molar-refractivity contribution in [3.63, 3.8) is 0 Å². The molecule has 0 bridgehead atoms. The van der Waals surface area contributed by atoms with E-state index in [9.17, 15) is 9.59 Å². The Bertz CT molecular complexity index is 576. The Morgan fingerprint density at radius 3 is 3.00 bits per heavy atom. The monoisotopic (exact) mass is 277 g/mol. The fourth-order valence-electron chi connectivity index (χ4n) is 1.60. The average molecular weight is 277 g/mol. The van der Waals surface area contributed by atoms with Crippen molar-refractivity contribution in [2.75, 3.05) is 6.54 Å². The first-order valence-corrected chi connectivity index (χ1v) is 6.16. The second-order valence-electron chi connectivity index (χ2n) is 4.15. The van der Waals surface area contributed by atoms with E-state index in [0.29, 0.717) is 13.0 Å². The zero-order valence-corrected chi connectivity index (χ0v) is 10.8. The van der Waals surface area contributed by atoms with Gasteiger partial charge in [0.1, 0.15) is 6.54 Å². The predicted octanol–water partition coefficient (Wildman–Crippen LogP) is -0.281. The van der Waals surface area contributed by atoms with Gasteiger partial charge in [0.25, 0.3) is 5.91 Å². The molecule has 0 spiro atoms. The number of carbonyl (C=O) groups is 2. The Hall–Kier alpha value is -2.48. The first-order valence-electron chi connectivity index (χ1n) is 6.16. The van der Waals surface area contributed by atoms with E-state index in [1.807, 2.05) is 0 Å². The van der Waals surface area contributed by atoms with E-state index in [4.69, 9.17) is 10.2 Å². The van der Waals surface area contributed by atoms with E-state index in [1.165, 1.54) is 17.0 Å². The second kappa shape index (κ2) is 6.62. The van der Waals surface area contributed by atoms with Gasteiger partial charge in [-0.2, -0.15) is 0 Å². The summed E-state index contributed by atoms with van der Waals surface area (Å²) in [7, 11) is 0. The molecular weight excluding hydrogens is 262 g/mol. The zero-order valence-electron chi connectivity index (χ0n) is 10.8. The third-order valence-corrected chi connectivity index (χ3v) is 2.53. The SMILES string of the molecule is NCCCc1cn(CC(=O)NC(=O)c2ccco2)nn1. The number of nitrogens with one attached hydrogen (secondary N) is 1. The Kier molecular flexibility index (Phi) is 4.61. The quantitative estimate of drug-likeness (QED) is 0.750. The summed E-state index contributed by atoms with van der Waals surface area (Å²) in [6, 6.07) is 3.05. The van der Waals surface area contributed by atoms with Crippen molar-refractivity contribution in [3.05, 3.63) is 36.0 Å². The van der Waals surface area contributed by atoms with Crippen molar-refractivity contribution < 1.29 is 14.0 Å². The van der Waals surface area contributed by atoms with Gasteiger partial charge in [0.05, 0.1) is 12.0 Å². The van der Waals surface area contributed by atoms with Gasteiger partial charge in [-0.3, -0.25) is 14.9 Å². The van der Waals surface area contributed by atoms with E-state index in [1.54, 1.807) is 12.3 Å². The molecule has 0 aliphatic rings. The van der Waals surface area contributed by atoms with Crippen LogP contribution in [0.5, 0.6) is 0 Å². The number of aromatic nitrogens is 3. The molecule has 0 atom stereocenters. The highest BCUT2D eigenvalue weighted by Crippen LogP contribution is 2.00. The van der Waals surface area contributed by atoms with Gasteiger partial charge in [0.15, 0.2) is 5.76 Å². The van der Waals surface area contributed by atoms with Crippen LogP contribution in [-0.2, 0) is 17.8 Å². The maximum Gasteiger partial charge on any atom is 0.293 e. The molecular formula is C12H15N5O3. The maximum absolute atomic E-state index is 11.7. The van der Waals surface area contributed by atoms with Crippen LogP contribution in [0.3, 0.4) is 0 Å². The van der Waals surface area contributed by atoms with Crippen LogP contribution in [0.4, 0.5) is 0 Å². The smallest absolute Gasteiger partial charge is 0.293 e. The largest absolute Gasteiger partial charge is 0.459 e. The number of hydrogen-bond donors (Lipinski definition) is 2. The van der Waals surface area contributed by atoms with Gasteiger partial charge < -0.3 is 10.2 Å². The van der Waals surface area contributed by atoms with Crippen molar-refractivity contribution in [3.8, 4) is 0 Å². The number of aryl methyl sites for hydroxylation is 1. The highest BCUT2D eigenvalue weighted by Gasteiger charge is 2.13. The van der Waals surface area contributed by atoms with E-state index < -0.39 is 11.8 Å². The Balaban J connectivity index is 1.85. The molecule has 2 heterocycles. The number of amides is 2. The molecule has 0 radical (unpaired) electrons. The van der Waals surface area contributed by atoms with E-state index in [-0.39, 0.29) is 12.3 Å². The van der Waals surface area contributed by atoms with E-state index in [2.05, 4.69) is 15.6 Å². The number of rotatable bonds is 6. The highest BCUT2D eigenvalue weighted by atomic mass is 16.3. The molecule has 0 aliphatic heterocycles. The molecule has 0 aliphatic carbocycles. The lowest BCUT2D eigenvalue weighted by atomic mass is 10.2. The number of carbonyl (C=O) groups excluding carboxylic acids is 2. The minimum Gasteiger partial charge on any atom is -0.459 e. The minimum absolute atomic E-state index is 0.0813. The molecule has 0 fully saturated rings. The van der Waals surface area contributed by atoms with Crippen molar-refractivity contribution in [1.82, 2.24) is 20.3 Å². The van der Waals surface area contributed by atoms with Crippen LogP contribution in [0.2, 0.25) is 0 Å². The van der Waals surface area contributed by atoms with Crippen LogP contribution < -0.4 is 11.1 Å². The second-order valence-corrected chi connectivity index (χ2v) is 4.15. The Morgan fingerprint density at radius 1 is 1.45 bits per heavy atom. The standard InChI is InChI=1S/C12H15N5O3/c13-5-1-3-9-7-17(16-15-9)8-11(18)14-12(19)10-4-2-6-20-10/h2,4,6-7H,1,3,5,8,13H2,(H,14,18,19). The van der Waals surface area contributed by atoms with E-state index in [0.717, 1.165) is 12.1 Å². The van der Waals surface area contributed by atoms with E-state index >= 15 is 0 Å². The van der Waals surface area contributed by atoms with Crippen molar-refractivity contribution in [1.29, 1.82) is 0 Å². The van der Waals surface area contributed by atoms with Gasteiger partial charge in [-0.1, -0.05) is 5.21 Å². The first-order chi connectivity index (χ1) is 9.69. The fourth-order valence-corrected chi connectivity index (χ4v) is 1.60. The Morgan fingerprint density at radius 2 is 2.30 bits per heavy atom. The zero-order chi connectivity index (χ0) is 14.4. The molecule has 2 amide bonds. The summed E-state index contributed by atoms with van der Waals surface area (Å²) in [4.78, 5) is 23.2. The predicted molar refractivity (Wildman–Crippen MR) is 68.6 cm³/mol. The fraction of sp³-hybridized carbons (Fsp3) is 0.333. The van der Waals surface area contributed by atoms with Crippen LogP contribution in [0.1, 0.15) is 22.7 Å². The maximum atomic E-state index is 11.7. The molecule has 0 saturated carbocycles. The topological polar surface area (TPSA) is 116 Å². The van der Waals surface area contributed by atoms with Crippen LogP contribution in [-0.4, -0.2) is 33.4 Å². The van der Waals surface area contributed by atoms with Crippen LogP contribution >= 0.6 is 0 Å². The molecule has 0 saturated heterocycles. The summed E-state index contributed by atoms with van der Waals surface area (Å²) in [6.07, 6.45) is 4.54. The molecule has 20 heavy (non-hydrogen) atoms. The Labute approximate surface area is 114 Å². The van der Waals surface area contributed by atoms with Crippen LogP contribution in [0.25, 0.3) is 0 Å². The molecule has 0 aromatic carbocycles. The molecule has 3 N–H and O–H groups in total. The molecule has 2 rings (SSSR count). The number of nitrogens with two attached hydrogens (primary N) is 1. The van der Waals surface area contributed by atoms with Crippen LogP contribution in [0, 0.1) is 0 Å². The first kappa shape index (κ1) is 13.9. The van der Waals surface area contributed by atoms with Crippen molar-refractivity contribution in [2.45, 2.75) is 19.4 Å². The molecule has 2 aromatic rings. The van der Waals surface area contributed by atoms with Gasteiger partial charge in [-0.05, 0) is 31.5 Å².